The molecule has 2 aromatic carbocycles. The molecule has 1 amide bonds. The SMILES string of the molecule is CCCN(Cc1ccccc1)C(=O)c1ccc(N)c(F)c1. The Labute approximate surface area is 124 Å². The van der Waals surface area contributed by atoms with Crippen molar-refractivity contribution in [1.29, 1.82) is 0 Å². The molecule has 0 radical (unpaired) electrons. The van der Waals surface area contributed by atoms with Crippen LogP contribution in [-0.4, -0.2) is 17.4 Å². The van der Waals surface area contributed by atoms with Crippen LogP contribution in [0.1, 0.15) is 29.3 Å². The zero-order valence-corrected chi connectivity index (χ0v) is 12.1. The normalized spacial score (nSPS) is 10.4. The number of carbonyl (C=O) groups is 1. The summed E-state index contributed by atoms with van der Waals surface area (Å²) in [5.74, 6) is -0.739. The molecule has 110 valence electrons. The zero-order valence-electron chi connectivity index (χ0n) is 12.1. The van der Waals surface area contributed by atoms with Crippen LogP contribution in [0.3, 0.4) is 0 Å². The number of halogens is 1. The second-order valence-corrected chi connectivity index (χ2v) is 4.95. The predicted octanol–water partition coefficient (Wildman–Crippen LogP) is 3.46. The fraction of sp³-hybridized carbons (Fsp3) is 0.235. The Kier molecular flexibility index (Phi) is 4.93. The van der Waals surface area contributed by atoms with Crippen LogP contribution in [0.5, 0.6) is 0 Å². The Hall–Kier alpha value is -2.36. The standard InChI is InChI=1S/C17H19FN2O/c1-2-10-20(12-13-6-4-3-5-7-13)17(21)14-8-9-16(19)15(18)11-14/h3-9,11H,2,10,12,19H2,1H3. The van der Waals surface area contributed by atoms with Crippen molar-refractivity contribution in [2.75, 3.05) is 12.3 Å². The molecule has 2 rings (SSSR count). The molecular formula is C17H19FN2O. The maximum absolute atomic E-state index is 13.5. The third-order valence-electron chi connectivity index (χ3n) is 3.24. The second-order valence-electron chi connectivity index (χ2n) is 4.95. The average molecular weight is 286 g/mol. The summed E-state index contributed by atoms with van der Waals surface area (Å²) >= 11 is 0. The first-order valence-corrected chi connectivity index (χ1v) is 7.00. The van der Waals surface area contributed by atoms with Gasteiger partial charge in [0.1, 0.15) is 5.82 Å². The zero-order chi connectivity index (χ0) is 15.2. The molecule has 2 aromatic rings. The first kappa shape index (κ1) is 15.0. The number of nitrogens with zero attached hydrogens (tertiary/aromatic N) is 1. The highest BCUT2D eigenvalue weighted by Gasteiger charge is 2.16. The van der Waals surface area contributed by atoms with Gasteiger partial charge in [0.05, 0.1) is 5.69 Å². The van der Waals surface area contributed by atoms with Crippen molar-refractivity contribution in [1.82, 2.24) is 4.90 Å². The van der Waals surface area contributed by atoms with Gasteiger partial charge < -0.3 is 10.6 Å². The minimum atomic E-state index is -0.558. The summed E-state index contributed by atoms with van der Waals surface area (Å²) in [5, 5.41) is 0. The number of nitrogen functional groups attached to an aromatic ring is 1. The lowest BCUT2D eigenvalue weighted by Gasteiger charge is -2.22. The van der Waals surface area contributed by atoms with Gasteiger partial charge in [-0.1, -0.05) is 37.3 Å². The molecule has 0 aliphatic heterocycles. The van der Waals surface area contributed by atoms with Gasteiger partial charge in [0.25, 0.3) is 5.91 Å². The number of anilines is 1. The molecule has 0 bridgehead atoms. The van der Waals surface area contributed by atoms with Crippen molar-refractivity contribution in [3.63, 3.8) is 0 Å². The molecule has 4 heteroatoms. The van der Waals surface area contributed by atoms with E-state index in [1.807, 2.05) is 37.3 Å². The summed E-state index contributed by atoms with van der Waals surface area (Å²) in [7, 11) is 0. The molecule has 0 atom stereocenters. The van der Waals surface area contributed by atoms with E-state index in [4.69, 9.17) is 5.73 Å². The highest BCUT2D eigenvalue weighted by Crippen LogP contribution is 2.15. The number of benzene rings is 2. The molecule has 21 heavy (non-hydrogen) atoms. The van der Waals surface area contributed by atoms with Crippen LogP contribution in [0.25, 0.3) is 0 Å². The second kappa shape index (κ2) is 6.88. The highest BCUT2D eigenvalue weighted by atomic mass is 19.1. The largest absolute Gasteiger partial charge is 0.396 e. The fourth-order valence-corrected chi connectivity index (χ4v) is 2.17. The maximum atomic E-state index is 13.5. The Balaban J connectivity index is 2.20. The summed E-state index contributed by atoms with van der Waals surface area (Å²) in [4.78, 5) is 14.2. The molecule has 0 aliphatic carbocycles. The third-order valence-corrected chi connectivity index (χ3v) is 3.24. The van der Waals surface area contributed by atoms with E-state index in [9.17, 15) is 9.18 Å². The molecule has 0 aromatic heterocycles. The van der Waals surface area contributed by atoms with E-state index < -0.39 is 5.82 Å². The lowest BCUT2D eigenvalue weighted by atomic mass is 10.1. The van der Waals surface area contributed by atoms with Gasteiger partial charge in [-0.2, -0.15) is 0 Å². The first-order chi connectivity index (χ1) is 10.1. The van der Waals surface area contributed by atoms with E-state index >= 15 is 0 Å². The molecule has 2 N–H and O–H groups in total. The number of rotatable bonds is 5. The van der Waals surface area contributed by atoms with Crippen molar-refractivity contribution >= 4 is 11.6 Å². The summed E-state index contributed by atoms with van der Waals surface area (Å²) in [6.07, 6.45) is 0.843. The lowest BCUT2D eigenvalue weighted by molar-refractivity contribution is 0.0742. The molecule has 0 fully saturated rings. The van der Waals surface area contributed by atoms with E-state index in [-0.39, 0.29) is 11.6 Å². The van der Waals surface area contributed by atoms with Crippen molar-refractivity contribution < 1.29 is 9.18 Å². The van der Waals surface area contributed by atoms with Gasteiger partial charge in [0.2, 0.25) is 0 Å². The van der Waals surface area contributed by atoms with Crippen LogP contribution >= 0.6 is 0 Å². The summed E-state index contributed by atoms with van der Waals surface area (Å²) < 4.78 is 13.5. The Morgan fingerprint density at radius 1 is 1.19 bits per heavy atom. The molecular weight excluding hydrogens is 267 g/mol. The quantitative estimate of drug-likeness (QED) is 0.856. The minimum absolute atomic E-state index is 0.0525. The number of hydrogen-bond donors (Lipinski definition) is 1. The van der Waals surface area contributed by atoms with Crippen LogP contribution in [0.4, 0.5) is 10.1 Å². The van der Waals surface area contributed by atoms with Crippen LogP contribution in [-0.2, 0) is 6.54 Å². The Morgan fingerprint density at radius 2 is 1.90 bits per heavy atom. The van der Waals surface area contributed by atoms with Gasteiger partial charge in [0, 0.05) is 18.7 Å². The van der Waals surface area contributed by atoms with Gasteiger partial charge in [0.15, 0.2) is 0 Å². The number of hydrogen-bond acceptors (Lipinski definition) is 2. The molecule has 0 unspecified atom stereocenters. The topological polar surface area (TPSA) is 46.3 Å². The van der Waals surface area contributed by atoms with Crippen LogP contribution in [0.15, 0.2) is 48.5 Å². The van der Waals surface area contributed by atoms with Crippen molar-refractivity contribution in [2.24, 2.45) is 0 Å². The smallest absolute Gasteiger partial charge is 0.254 e. The van der Waals surface area contributed by atoms with E-state index in [2.05, 4.69) is 0 Å². The van der Waals surface area contributed by atoms with Crippen molar-refractivity contribution in [3.05, 3.63) is 65.5 Å². The van der Waals surface area contributed by atoms with Gasteiger partial charge in [-0.3, -0.25) is 4.79 Å². The lowest BCUT2D eigenvalue weighted by Crippen LogP contribution is -2.31. The molecule has 0 saturated carbocycles. The fourth-order valence-electron chi connectivity index (χ4n) is 2.17. The molecule has 3 nitrogen and oxygen atoms in total. The van der Waals surface area contributed by atoms with Crippen molar-refractivity contribution in [2.45, 2.75) is 19.9 Å². The van der Waals surface area contributed by atoms with E-state index in [1.165, 1.54) is 12.1 Å². The van der Waals surface area contributed by atoms with Gasteiger partial charge in [-0.15, -0.1) is 0 Å². The third kappa shape index (κ3) is 3.81. The molecule has 0 spiro atoms. The van der Waals surface area contributed by atoms with Gasteiger partial charge in [-0.25, -0.2) is 4.39 Å². The summed E-state index contributed by atoms with van der Waals surface area (Å²) in [5.41, 5.74) is 6.88. The van der Waals surface area contributed by atoms with Gasteiger partial charge in [-0.05, 0) is 30.2 Å². The molecule has 0 aliphatic rings. The van der Waals surface area contributed by atoms with Crippen molar-refractivity contribution in [3.8, 4) is 0 Å². The predicted molar refractivity (Wildman–Crippen MR) is 82.3 cm³/mol. The van der Waals surface area contributed by atoms with Gasteiger partial charge >= 0.3 is 0 Å². The van der Waals surface area contributed by atoms with Crippen LogP contribution in [0.2, 0.25) is 0 Å². The minimum Gasteiger partial charge on any atom is -0.396 e. The average Bonchev–Trinajstić information content (AvgIpc) is 2.50. The number of carbonyl (C=O) groups excluding carboxylic acids is 1. The number of amides is 1. The maximum Gasteiger partial charge on any atom is 0.254 e. The molecule has 0 saturated heterocycles. The van der Waals surface area contributed by atoms with Crippen LogP contribution in [0, 0.1) is 5.82 Å². The highest BCUT2D eigenvalue weighted by molar-refractivity contribution is 5.94. The Morgan fingerprint density at radius 3 is 2.52 bits per heavy atom. The van der Waals surface area contributed by atoms with Crippen LogP contribution < -0.4 is 5.73 Å². The summed E-state index contributed by atoms with van der Waals surface area (Å²) in [6.45, 7) is 3.15. The monoisotopic (exact) mass is 286 g/mol. The van der Waals surface area contributed by atoms with E-state index in [0.717, 1.165) is 12.0 Å². The summed E-state index contributed by atoms with van der Waals surface area (Å²) in [6, 6.07) is 13.9. The van der Waals surface area contributed by atoms with E-state index in [1.54, 1.807) is 11.0 Å². The Bertz CT molecular complexity index is 613. The molecule has 0 heterocycles. The first-order valence-electron chi connectivity index (χ1n) is 7.00. The van der Waals surface area contributed by atoms with E-state index in [0.29, 0.717) is 18.7 Å². The number of nitrogens with two attached hydrogens (primary N) is 1.